The van der Waals surface area contributed by atoms with Crippen molar-refractivity contribution in [3.63, 3.8) is 0 Å². The van der Waals surface area contributed by atoms with Gasteiger partial charge in [0.15, 0.2) is 0 Å². The number of ether oxygens (including phenoxy) is 1. The number of cyclic esters (lactones) is 1. The maximum Gasteiger partial charge on any atom is 0.428 e. The minimum atomic E-state index is -0.567. The fraction of sp³-hybridized carbons (Fsp3) is 0.188. The highest BCUT2D eigenvalue weighted by atomic mass is 19.1. The van der Waals surface area contributed by atoms with Crippen LogP contribution in [0.2, 0.25) is 0 Å². The number of nitrogens with zero attached hydrogens (tertiary/aromatic N) is 2. The van der Waals surface area contributed by atoms with Gasteiger partial charge in [0.05, 0.1) is 5.69 Å². The Labute approximate surface area is 126 Å². The van der Waals surface area contributed by atoms with E-state index in [0.29, 0.717) is 5.71 Å². The largest absolute Gasteiger partial charge is 0.439 e. The summed E-state index contributed by atoms with van der Waals surface area (Å²) in [7, 11) is 0. The molecule has 6 heteroatoms. The molecule has 1 amide bonds. The molecule has 1 aromatic heterocycles. The summed E-state index contributed by atoms with van der Waals surface area (Å²) in [5.41, 5.74) is 6.08. The quantitative estimate of drug-likeness (QED) is 0.927. The van der Waals surface area contributed by atoms with Crippen LogP contribution in [0, 0.1) is 12.7 Å². The van der Waals surface area contributed by atoms with Gasteiger partial charge in [0, 0.05) is 17.3 Å². The number of hydrogen-bond acceptors (Lipinski definition) is 4. The Bertz CT molecular complexity index is 756. The van der Waals surface area contributed by atoms with Crippen LogP contribution in [0.3, 0.4) is 0 Å². The zero-order chi connectivity index (χ0) is 15.7. The van der Waals surface area contributed by atoms with E-state index < -0.39 is 12.2 Å². The number of carbonyl (C=O) groups is 1. The Morgan fingerprint density at radius 3 is 2.73 bits per heavy atom. The zero-order valence-electron chi connectivity index (χ0n) is 12.1. The predicted molar refractivity (Wildman–Crippen MR) is 80.0 cm³/mol. The molecule has 0 aliphatic carbocycles. The Kier molecular flexibility index (Phi) is 3.58. The normalized spacial score (nSPS) is 17.5. The van der Waals surface area contributed by atoms with Gasteiger partial charge in [-0.15, -0.1) is 0 Å². The first-order valence-electron chi connectivity index (χ1n) is 6.82. The van der Waals surface area contributed by atoms with Crippen LogP contribution < -0.4 is 5.43 Å². The van der Waals surface area contributed by atoms with E-state index in [1.165, 1.54) is 12.1 Å². The number of hydrazone groups is 1. The van der Waals surface area contributed by atoms with Crippen molar-refractivity contribution in [3.05, 3.63) is 53.5 Å². The minimum Gasteiger partial charge on any atom is -0.439 e. The molecule has 0 radical (unpaired) electrons. The second-order valence-electron chi connectivity index (χ2n) is 5.05. The lowest BCUT2D eigenvalue weighted by molar-refractivity contribution is 0.127. The molecule has 22 heavy (non-hydrogen) atoms. The average Bonchev–Trinajstić information content (AvgIpc) is 2.48. The summed E-state index contributed by atoms with van der Waals surface area (Å²) in [6.07, 6.45) is 0.658. The zero-order valence-corrected chi connectivity index (χ0v) is 12.1. The molecular formula is C16H14FN3O2. The fourth-order valence-electron chi connectivity index (χ4n) is 2.36. The standard InChI is InChI=1S/C16H14FN3O2/c1-9-7-12(17)4-5-13(9)14-6-3-11(8-18-14)15-10(2)22-16(21)20-19-15/h3-8,10H,1-2H3,(H,20,21). The average molecular weight is 299 g/mol. The molecule has 1 aromatic carbocycles. The second kappa shape index (κ2) is 5.55. The van der Waals surface area contributed by atoms with Gasteiger partial charge in [-0.1, -0.05) is 0 Å². The highest BCUT2D eigenvalue weighted by Gasteiger charge is 2.22. The Balaban J connectivity index is 1.91. The van der Waals surface area contributed by atoms with E-state index >= 15 is 0 Å². The van der Waals surface area contributed by atoms with E-state index in [1.54, 1.807) is 19.2 Å². The number of amides is 1. The van der Waals surface area contributed by atoms with Crippen LogP contribution in [-0.4, -0.2) is 22.9 Å². The van der Waals surface area contributed by atoms with Crippen LogP contribution in [0.15, 0.2) is 41.6 Å². The van der Waals surface area contributed by atoms with Gasteiger partial charge < -0.3 is 4.74 Å². The molecule has 1 N–H and O–H groups in total. The molecule has 1 aliphatic rings. The molecule has 112 valence electrons. The lowest BCUT2D eigenvalue weighted by Gasteiger charge is -2.20. The number of benzene rings is 1. The third-order valence-electron chi connectivity index (χ3n) is 3.46. The molecule has 0 spiro atoms. The lowest BCUT2D eigenvalue weighted by Crippen LogP contribution is -2.37. The summed E-state index contributed by atoms with van der Waals surface area (Å²) in [5, 5.41) is 4.00. The van der Waals surface area contributed by atoms with Crippen molar-refractivity contribution in [2.24, 2.45) is 5.10 Å². The van der Waals surface area contributed by atoms with E-state index in [9.17, 15) is 9.18 Å². The highest BCUT2D eigenvalue weighted by Crippen LogP contribution is 2.22. The van der Waals surface area contributed by atoms with Gasteiger partial charge in [-0.2, -0.15) is 5.10 Å². The van der Waals surface area contributed by atoms with Gasteiger partial charge >= 0.3 is 6.09 Å². The number of pyridine rings is 1. The van der Waals surface area contributed by atoms with Gasteiger partial charge in [-0.3, -0.25) is 4.98 Å². The molecule has 1 aliphatic heterocycles. The molecule has 2 heterocycles. The van der Waals surface area contributed by atoms with Crippen molar-refractivity contribution >= 4 is 11.8 Å². The van der Waals surface area contributed by atoms with E-state index in [1.807, 2.05) is 19.1 Å². The van der Waals surface area contributed by atoms with Crippen LogP contribution in [0.5, 0.6) is 0 Å². The van der Waals surface area contributed by atoms with Crippen molar-refractivity contribution < 1.29 is 13.9 Å². The van der Waals surface area contributed by atoms with Crippen molar-refractivity contribution in [3.8, 4) is 11.3 Å². The van der Waals surface area contributed by atoms with Crippen LogP contribution in [0.4, 0.5) is 9.18 Å². The van der Waals surface area contributed by atoms with Crippen LogP contribution in [0.25, 0.3) is 11.3 Å². The molecule has 0 saturated carbocycles. The molecule has 0 bridgehead atoms. The smallest absolute Gasteiger partial charge is 0.428 e. The number of halogens is 1. The number of carbonyl (C=O) groups excluding carboxylic acids is 1. The van der Waals surface area contributed by atoms with Crippen molar-refractivity contribution in [2.75, 3.05) is 0 Å². The fourth-order valence-corrected chi connectivity index (χ4v) is 2.36. The van der Waals surface area contributed by atoms with Gasteiger partial charge in [0.25, 0.3) is 0 Å². The van der Waals surface area contributed by atoms with Crippen LogP contribution in [-0.2, 0) is 4.74 Å². The van der Waals surface area contributed by atoms with Gasteiger partial charge in [0.1, 0.15) is 17.6 Å². The maximum atomic E-state index is 13.2. The van der Waals surface area contributed by atoms with E-state index in [4.69, 9.17) is 4.74 Å². The summed E-state index contributed by atoms with van der Waals surface area (Å²) in [6, 6.07) is 8.27. The number of aryl methyl sites for hydroxylation is 1. The molecule has 2 aromatic rings. The molecular weight excluding hydrogens is 285 g/mol. The summed E-state index contributed by atoms with van der Waals surface area (Å²) in [4.78, 5) is 15.5. The number of aromatic nitrogens is 1. The summed E-state index contributed by atoms with van der Waals surface area (Å²) in [6.45, 7) is 3.58. The topological polar surface area (TPSA) is 63.6 Å². The first-order chi connectivity index (χ1) is 10.5. The van der Waals surface area contributed by atoms with Crippen molar-refractivity contribution in [1.82, 2.24) is 10.4 Å². The molecule has 5 nitrogen and oxygen atoms in total. The summed E-state index contributed by atoms with van der Waals surface area (Å²) >= 11 is 0. The highest BCUT2D eigenvalue weighted by molar-refractivity contribution is 6.05. The Hall–Kier alpha value is -2.76. The summed E-state index contributed by atoms with van der Waals surface area (Å²) < 4.78 is 18.2. The predicted octanol–water partition coefficient (Wildman–Crippen LogP) is 3.03. The van der Waals surface area contributed by atoms with E-state index in [0.717, 1.165) is 22.4 Å². The van der Waals surface area contributed by atoms with Gasteiger partial charge in [-0.05, 0) is 49.7 Å². The SMILES string of the molecule is Cc1cc(F)ccc1-c1ccc(C2=NNC(=O)OC2C)cn1. The van der Waals surface area contributed by atoms with E-state index in [2.05, 4.69) is 15.5 Å². The maximum absolute atomic E-state index is 13.2. The van der Waals surface area contributed by atoms with Crippen LogP contribution in [0.1, 0.15) is 18.1 Å². The first kappa shape index (κ1) is 14.2. The lowest BCUT2D eigenvalue weighted by atomic mass is 10.0. The monoisotopic (exact) mass is 299 g/mol. The minimum absolute atomic E-state index is 0.267. The van der Waals surface area contributed by atoms with Crippen LogP contribution >= 0.6 is 0 Å². The van der Waals surface area contributed by atoms with Crippen molar-refractivity contribution in [1.29, 1.82) is 0 Å². The number of hydrogen-bond donors (Lipinski definition) is 1. The summed E-state index contributed by atoms with van der Waals surface area (Å²) in [5.74, 6) is -0.267. The Morgan fingerprint density at radius 2 is 2.09 bits per heavy atom. The molecule has 0 saturated heterocycles. The Morgan fingerprint density at radius 1 is 1.27 bits per heavy atom. The molecule has 1 unspecified atom stereocenters. The number of nitrogens with one attached hydrogen (secondary N) is 1. The third-order valence-corrected chi connectivity index (χ3v) is 3.46. The second-order valence-corrected chi connectivity index (χ2v) is 5.05. The van der Waals surface area contributed by atoms with Gasteiger partial charge in [-0.25, -0.2) is 14.6 Å². The molecule has 3 rings (SSSR count). The van der Waals surface area contributed by atoms with Gasteiger partial charge in [0.2, 0.25) is 0 Å². The van der Waals surface area contributed by atoms with E-state index in [-0.39, 0.29) is 5.82 Å². The number of rotatable bonds is 2. The van der Waals surface area contributed by atoms with Crippen molar-refractivity contribution in [2.45, 2.75) is 20.0 Å². The third kappa shape index (κ3) is 2.67. The molecule has 0 fully saturated rings. The molecule has 1 atom stereocenters. The first-order valence-corrected chi connectivity index (χ1v) is 6.82.